The summed E-state index contributed by atoms with van der Waals surface area (Å²) >= 11 is 3.45. The molecule has 0 aliphatic carbocycles. The molecule has 3 nitrogen and oxygen atoms in total. The van der Waals surface area contributed by atoms with E-state index in [4.69, 9.17) is 5.73 Å². The quantitative estimate of drug-likeness (QED) is 0.863. The van der Waals surface area contributed by atoms with Gasteiger partial charge in [-0.25, -0.2) is 0 Å². The summed E-state index contributed by atoms with van der Waals surface area (Å²) in [6, 6.07) is 6.07. The minimum Gasteiger partial charge on any atom is -0.398 e. The summed E-state index contributed by atoms with van der Waals surface area (Å²) in [4.78, 5) is 6.90. The molecule has 0 fully saturated rings. The van der Waals surface area contributed by atoms with Gasteiger partial charge in [0.1, 0.15) is 0 Å². The topological polar surface area (TPSA) is 42.1 Å². The SMILES string of the molecule is CCN(CC(C)C)c1ccc(N)c2cc(Br)cnc12. The van der Waals surface area contributed by atoms with Crippen LogP contribution in [-0.4, -0.2) is 18.1 Å². The van der Waals surface area contributed by atoms with Gasteiger partial charge in [0.15, 0.2) is 0 Å². The molecule has 0 bridgehead atoms. The van der Waals surface area contributed by atoms with Crippen LogP contribution in [0.3, 0.4) is 0 Å². The van der Waals surface area contributed by atoms with E-state index in [-0.39, 0.29) is 0 Å². The van der Waals surface area contributed by atoms with Gasteiger partial charge in [0, 0.05) is 34.8 Å². The van der Waals surface area contributed by atoms with Gasteiger partial charge in [-0.05, 0) is 47.0 Å². The molecule has 2 N–H and O–H groups in total. The molecule has 102 valence electrons. The summed E-state index contributed by atoms with van der Waals surface area (Å²) in [5, 5.41) is 1.01. The van der Waals surface area contributed by atoms with E-state index in [1.54, 1.807) is 0 Å². The monoisotopic (exact) mass is 321 g/mol. The molecule has 1 aromatic heterocycles. The van der Waals surface area contributed by atoms with Crippen LogP contribution in [-0.2, 0) is 0 Å². The fraction of sp³-hybridized carbons (Fsp3) is 0.400. The van der Waals surface area contributed by atoms with Crippen molar-refractivity contribution in [3.05, 3.63) is 28.9 Å². The first kappa shape index (κ1) is 14.1. The zero-order valence-electron chi connectivity index (χ0n) is 11.7. The van der Waals surface area contributed by atoms with Crippen LogP contribution in [0.4, 0.5) is 11.4 Å². The van der Waals surface area contributed by atoms with Gasteiger partial charge in [0.25, 0.3) is 0 Å². The van der Waals surface area contributed by atoms with Gasteiger partial charge in [-0.1, -0.05) is 13.8 Å². The summed E-state index contributed by atoms with van der Waals surface area (Å²) in [5.41, 5.74) is 8.97. The molecular weight excluding hydrogens is 302 g/mol. The summed E-state index contributed by atoms with van der Waals surface area (Å²) in [6.45, 7) is 8.62. The minimum atomic E-state index is 0.614. The molecular formula is C15H20BrN3. The lowest BCUT2D eigenvalue weighted by molar-refractivity contribution is 0.619. The van der Waals surface area contributed by atoms with Crippen molar-refractivity contribution < 1.29 is 0 Å². The van der Waals surface area contributed by atoms with E-state index in [2.05, 4.69) is 52.7 Å². The zero-order chi connectivity index (χ0) is 14.0. The standard InChI is InChI=1S/C15H20BrN3/c1-4-19(9-10(2)3)14-6-5-13(17)12-7-11(16)8-18-15(12)14/h5-8,10H,4,9,17H2,1-3H3. The maximum Gasteiger partial charge on any atom is 0.0956 e. The van der Waals surface area contributed by atoms with E-state index in [1.807, 2.05) is 18.3 Å². The average molecular weight is 322 g/mol. The summed E-state index contributed by atoms with van der Waals surface area (Å²) in [5.74, 6) is 0.614. The van der Waals surface area contributed by atoms with E-state index in [0.29, 0.717) is 5.92 Å². The van der Waals surface area contributed by atoms with E-state index >= 15 is 0 Å². The minimum absolute atomic E-state index is 0.614. The first-order chi connectivity index (χ1) is 9.02. The Kier molecular flexibility index (Phi) is 4.30. The number of hydrogen-bond acceptors (Lipinski definition) is 3. The Labute approximate surface area is 122 Å². The number of nitrogens with two attached hydrogens (primary N) is 1. The van der Waals surface area contributed by atoms with Crippen molar-refractivity contribution in [3.8, 4) is 0 Å². The molecule has 4 heteroatoms. The van der Waals surface area contributed by atoms with Crippen LogP contribution in [0.1, 0.15) is 20.8 Å². The third kappa shape index (κ3) is 3.00. The molecule has 2 aromatic rings. The van der Waals surface area contributed by atoms with Crippen molar-refractivity contribution in [2.24, 2.45) is 5.92 Å². The van der Waals surface area contributed by atoms with Crippen molar-refractivity contribution in [2.75, 3.05) is 23.7 Å². The van der Waals surface area contributed by atoms with Crippen LogP contribution in [0, 0.1) is 5.92 Å². The molecule has 0 aliphatic rings. The molecule has 0 spiro atoms. The number of rotatable bonds is 4. The molecule has 0 radical (unpaired) electrons. The van der Waals surface area contributed by atoms with Crippen molar-refractivity contribution >= 4 is 38.2 Å². The van der Waals surface area contributed by atoms with Gasteiger partial charge < -0.3 is 10.6 Å². The predicted octanol–water partition coefficient (Wildman–Crippen LogP) is 4.06. The maximum absolute atomic E-state index is 6.06. The lowest BCUT2D eigenvalue weighted by Crippen LogP contribution is -2.27. The molecule has 0 saturated heterocycles. The molecule has 0 atom stereocenters. The first-order valence-electron chi connectivity index (χ1n) is 6.61. The molecule has 0 amide bonds. The molecule has 1 aromatic carbocycles. The predicted molar refractivity (Wildman–Crippen MR) is 86.6 cm³/mol. The van der Waals surface area contributed by atoms with Gasteiger partial charge in [-0.2, -0.15) is 0 Å². The third-order valence-electron chi connectivity index (χ3n) is 3.14. The third-order valence-corrected chi connectivity index (χ3v) is 3.57. The van der Waals surface area contributed by atoms with Crippen LogP contribution >= 0.6 is 15.9 Å². The summed E-state index contributed by atoms with van der Waals surface area (Å²) < 4.78 is 0.954. The number of aromatic nitrogens is 1. The van der Waals surface area contributed by atoms with E-state index in [1.165, 1.54) is 0 Å². The summed E-state index contributed by atoms with van der Waals surface area (Å²) in [6.07, 6.45) is 1.83. The Morgan fingerprint density at radius 1 is 1.37 bits per heavy atom. The normalized spacial score (nSPS) is 11.2. The molecule has 19 heavy (non-hydrogen) atoms. The van der Waals surface area contributed by atoms with Gasteiger partial charge in [0.2, 0.25) is 0 Å². The lowest BCUT2D eigenvalue weighted by atomic mass is 10.1. The van der Waals surface area contributed by atoms with E-state index < -0.39 is 0 Å². The highest BCUT2D eigenvalue weighted by Crippen LogP contribution is 2.31. The largest absolute Gasteiger partial charge is 0.398 e. The number of hydrogen-bond donors (Lipinski definition) is 1. The van der Waals surface area contributed by atoms with Gasteiger partial charge in [-0.15, -0.1) is 0 Å². The van der Waals surface area contributed by atoms with Gasteiger partial charge in [-0.3, -0.25) is 4.98 Å². The highest BCUT2D eigenvalue weighted by Gasteiger charge is 2.12. The number of nitrogens with zero attached hydrogens (tertiary/aromatic N) is 2. The van der Waals surface area contributed by atoms with Crippen LogP contribution in [0.25, 0.3) is 10.9 Å². The van der Waals surface area contributed by atoms with Crippen LogP contribution in [0.5, 0.6) is 0 Å². The fourth-order valence-corrected chi connectivity index (χ4v) is 2.63. The second-order valence-corrected chi connectivity index (χ2v) is 6.07. The molecule has 2 rings (SSSR count). The second-order valence-electron chi connectivity index (χ2n) is 5.16. The second kappa shape index (κ2) is 5.78. The molecule has 0 saturated carbocycles. The zero-order valence-corrected chi connectivity index (χ0v) is 13.2. The maximum atomic E-state index is 6.06. The Morgan fingerprint density at radius 3 is 2.74 bits per heavy atom. The molecule has 0 aliphatic heterocycles. The smallest absolute Gasteiger partial charge is 0.0956 e. The first-order valence-corrected chi connectivity index (χ1v) is 7.41. The van der Waals surface area contributed by atoms with Crippen molar-refractivity contribution in [2.45, 2.75) is 20.8 Å². The number of benzene rings is 1. The fourth-order valence-electron chi connectivity index (χ4n) is 2.29. The van der Waals surface area contributed by atoms with E-state index in [9.17, 15) is 0 Å². The molecule has 1 heterocycles. The number of halogens is 1. The van der Waals surface area contributed by atoms with Gasteiger partial charge in [0.05, 0.1) is 11.2 Å². The van der Waals surface area contributed by atoms with Crippen molar-refractivity contribution in [3.63, 3.8) is 0 Å². The molecule has 0 unspecified atom stereocenters. The highest BCUT2D eigenvalue weighted by molar-refractivity contribution is 9.10. The Bertz CT molecular complexity index is 581. The summed E-state index contributed by atoms with van der Waals surface area (Å²) in [7, 11) is 0. The number of nitrogen functional groups attached to an aromatic ring is 1. The van der Waals surface area contributed by atoms with Crippen LogP contribution < -0.4 is 10.6 Å². The van der Waals surface area contributed by atoms with Crippen LogP contribution in [0.15, 0.2) is 28.9 Å². The number of pyridine rings is 1. The van der Waals surface area contributed by atoms with Crippen molar-refractivity contribution in [1.29, 1.82) is 0 Å². The number of fused-ring (bicyclic) bond motifs is 1. The Hall–Kier alpha value is -1.29. The van der Waals surface area contributed by atoms with Crippen LogP contribution in [0.2, 0.25) is 0 Å². The Morgan fingerprint density at radius 2 is 2.11 bits per heavy atom. The Balaban J connectivity index is 2.57. The van der Waals surface area contributed by atoms with E-state index in [0.717, 1.165) is 39.8 Å². The number of anilines is 2. The highest BCUT2D eigenvalue weighted by atomic mass is 79.9. The van der Waals surface area contributed by atoms with Crippen molar-refractivity contribution in [1.82, 2.24) is 4.98 Å². The average Bonchev–Trinajstić information content (AvgIpc) is 2.37. The lowest BCUT2D eigenvalue weighted by Gasteiger charge is -2.26. The van der Waals surface area contributed by atoms with Gasteiger partial charge >= 0.3 is 0 Å².